The number of hydrogen-bond donors (Lipinski definition) is 0. The summed E-state index contributed by atoms with van der Waals surface area (Å²) >= 11 is 2.01. The minimum absolute atomic E-state index is 0.594. The number of piperidine rings is 1. The molecule has 0 N–H and O–H groups in total. The van der Waals surface area contributed by atoms with Crippen LogP contribution in [0.5, 0.6) is 0 Å². The molecule has 0 bridgehead atoms. The highest BCUT2D eigenvalue weighted by molar-refractivity contribution is 7.99. The van der Waals surface area contributed by atoms with Crippen molar-refractivity contribution in [1.82, 2.24) is 9.80 Å². The second kappa shape index (κ2) is 6.77. The summed E-state index contributed by atoms with van der Waals surface area (Å²) in [7, 11) is 2.32. The van der Waals surface area contributed by atoms with Crippen molar-refractivity contribution in [2.24, 2.45) is 0 Å². The van der Waals surface area contributed by atoms with Crippen molar-refractivity contribution in [3.05, 3.63) is 29.8 Å². The molecule has 0 saturated carbocycles. The van der Waals surface area contributed by atoms with Gasteiger partial charge in [0, 0.05) is 36.1 Å². The predicted octanol–water partition coefficient (Wildman–Crippen LogP) is 3.60. The van der Waals surface area contributed by atoms with Gasteiger partial charge in [-0.2, -0.15) is 0 Å². The fourth-order valence-electron chi connectivity index (χ4n) is 3.54. The fourth-order valence-corrected chi connectivity index (χ4v) is 4.65. The Labute approximate surface area is 132 Å². The van der Waals surface area contributed by atoms with E-state index in [9.17, 15) is 0 Å². The van der Waals surface area contributed by atoms with Crippen molar-refractivity contribution in [2.45, 2.75) is 43.2 Å². The summed E-state index contributed by atoms with van der Waals surface area (Å²) in [5.74, 6) is 4.26. The van der Waals surface area contributed by atoms with E-state index in [4.69, 9.17) is 0 Å². The van der Waals surface area contributed by atoms with Gasteiger partial charge in [-0.25, -0.2) is 0 Å². The second-order valence-electron chi connectivity index (χ2n) is 5.94. The highest BCUT2D eigenvalue weighted by Crippen LogP contribution is 2.40. The molecule has 0 unspecified atom stereocenters. The first-order chi connectivity index (χ1) is 10.3. The van der Waals surface area contributed by atoms with E-state index in [-0.39, 0.29) is 0 Å². The molecule has 1 fully saturated rings. The molecular weight excluding hydrogens is 276 g/mol. The van der Waals surface area contributed by atoms with Gasteiger partial charge in [0.25, 0.3) is 0 Å². The lowest BCUT2D eigenvalue weighted by Gasteiger charge is -2.41. The van der Waals surface area contributed by atoms with Crippen LogP contribution in [0.4, 0.5) is 0 Å². The molecule has 1 saturated heterocycles. The van der Waals surface area contributed by atoms with Crippen molar-refractivity contribution in [3.8, 4) is 12.0 Å². The van der Waals surface area contributed by atoms with E-state index in [1.54, 1.807) is 0 Å². The van der Waals surface area contributed by atoms with Gasteiger partial charge in [0.05, 0.1) is 0 Å². The molecule has 1 atom stereocenters. The number of fused-ring (bicyclic) bond motifs is 1. The molecular formula is C18H24N2S. The quantitative estimate of drug-likeness (QED) is 0.771. The van der Waals surface area contributed by atoms with E-state index in [1.165, 1.54) is 35.5 Å². The average Bonchev–Trinajstić information content (AvgIpc) is 2.55. The molecule has 0 amide bonds. The summed E-state index contributed by atoms with van der Waals surface area (Å²) in [5, 5.41) is 0. The molecule has 1 aromatic rings. The number of rotatable bonds is 2. The van der Waals surface area contributed by atoms with Gasteiger partial charge in [-0.15, -0.1) is 11.8 Å². The van der Waals surface area contributed by atoms with Gasteiger partial charge in [-0.1, -0.05) is 24.1 Å². The Morgan fingerprint density at radius 1 is 1.19 bits per heavy atom. The van der Waals surface area contributed by atoms with Gasteiger partial charge in [0.2, 0.25) is 0 Å². The molecule has 2 aliphatic heterocycles. The Morgan fingerprint density at radius 2 is 1.95 bits per heavy atom. The third-order valence-electron chi connectivity index (χ3n) is 4.73. The van der Waals surface area contributed by atoms with Crippen LogP contribution in [0.2, 0.25) is 0 Å². The van der Waals surface area contributed by atoms with Crippen molar-refractivity contribution >= 4 is 11.8 Å². The smallest absolute Gasteiger partial charge is 0.0367 e. The normalized spacial score (nSPS) is 22.6. The van der Waals surface area contributed by atoms with Gasteiger partial charge >= 0.3 is 0 Å². The number of nitrogens with zero attached hydrogens (tertiary/aromatic N) is 2. The Balaban J connectivity index is 1.69. The Bertz CT molecular complexity index is 538. The van der Waals surface area contributed by atoms with E-state index in [0.29, 0.717) is 12.1 Å². The topological polar surface area (TPSA) is 6.48 Å². The number of likely N-dealkylation sites (tertiary alicyclic amines) is 1. The average molecular weight is 300 g/mol. The minimum atomic E-state index is 0.594. The highest BCUT2D eigenvalue weighted by atomic mass is 32.2. The number of benzene rings is 1. The largest absolute Gasteiger partial charge is 0.333 e. The van der Waals surface area contributed by atoms with E-state index in [1.807, 2.05) is 18.7 Å². The summed E-state index contributed by atoms with van der Waals surface area (Å²) in [6.07, 6.45) is 3.74. The first kappa shape index (κ1) is 14.8. The maximum absolute atomic E-state index is 3.20. The van der Waals surface area contributed by atoms with Gasteiger partial charge in [-0.3, -0.25) is 4.90 Å². The van der Waals surface area contributed by atoms with Crippen molar-refractivity contribution in [1.29, 1.82) is 0 Å². The lowest BCUT2D eigenvalue weighted by Crippen LogP contribution is -2.43. The molecule has 3 heteroatoms. The molecule has 21 heavy (non-hydrogen) atoms. The van der Waals surface area contributed by atoms with Crippen molar-refractivity contribution in [2.75, 3.05) is 25.9 Å². The molecule has 3 rings (SSSR count). The summed E-state index contributed by atoms with van der Waals surface area (Å²) in [5.41, 5.74) is 1.53. The first-order valence-electron chi connectivity index (χ1n) is 7.90. The van der Waals surface area contributed by atoms with Gasteiger partial charge in [-0.05, 0) is 50.6 Å². The number of hydrogen-bond acceptors (Lipinski definition) is 3. The van der Waals surface area contributed by atoms with Gasteiger partial charge < -0.3 is 4.90 Å². The predicted molar refractivity (Wildman–Crippen MR) is 90.3 cm³/mol. The lowest BCUT2D eigenvalue weighted by atomic mass is 9.97. The Morgan fingerprint density at radius 3 is 2.71 bits per heavy atom. The van der Waals surface area contributed by atoms with Crippen LogP contribution < -0.4 is 0 Å². The molecule has 0 aromatic heterocycles. The van der Waals surface area contributed by atoms with Crippen molar-refractivity contribution in [3.63, 3.8) is 0 Å². The highest BCUT2D eigenvalue weighted by Gasteiger charge is 2.30. The van der Waals surface area contributed by atoms with E-state index < -0.39 is 0 Å². The Hall–Kier alpha value is -1.11. The van der Waals surface area contributed by atoms with Crippen LogP contribution >= 0.6 is 11.8 Å². The van der Waals surface area contributed by atoms with Crippen LogP contribution in [-0.2, 0) is 0 Å². The zero-order valence-electron chi connectivity index (χ0n) is 13.0. The van der Waals surface area contributed by atoms with E-state index >= 15 is 0 Å². The molecule has 2 nitrogen and oxygen atoms in total. The minimum Gasteiger partial charge on any atom is -0.333 e. The van der Waals surface area contributed by atoms with Gasteiger partial charge in [0.15, 0.2) is 0 Å². The maximum Gasteiger partial charge on any atom is 0.0367 e. The summed E-state index contributed by atoms with van der Waals surface area (Å²) in [6.45, 7) is 4.15. The Kier molecular flexibility index (Phi) is 4.77. The van der Waals surface area contributed by atoms with Gasteiger partial charge in [0.1, 0.15) is 0 Å². The molecule has 2 aliphatic rings. The molecule has 2 heterocycles. The summed E-state index contributed by atoms with van der Waals surface area (Å²) in [4.78, 5) is 6.39. The third kappa shape index (κ3) is 3.22. The van der Waals surface area contributed by atoms with Crippen LogP contribution in [0, 0.1) is 12.0 Å². The first-order valence-corrected chi connectivity index (χ1v) is 8.89. The molecule has 0 spiro atoms. The van der Waals surface area contributed by atoms with Crippen LogP contribution in [-0.4, -0.2) is 41.7 Å². The van der Waals surface area contributed by atoms with E-state index in [2.05, 4.69) is 53.1 Å². The van der Waals surface area contributed by atoms with Crippen LogP contribution in [0.15, 0.2) is 29.2 Å². The second-order valence-corrected chi connectivity index (χ2v) is 7.07. The fraction of sp³-hybridized carbons (Fsp3) is 0.556. The summed E-state index contributed by atoms with van der Waals surface area (Å²) in [6, 6.07) is 13.4. The van der Waals surface area contributed by atoms with Crippen LogP contribution in [0.25, 0.3) is 0 Å². The van der Waals surface area contributed by atoms with Crippen LogP contribution in [0.3, 0.4) is 0 Å². The van der Waals surface area contributed by atoms with Crippen LogP contribution in [0.1, 0.15) is 37.8 Å². The molecule has 0 aliphatic carbocycles. The zero-order chi connectivity index (χ0) is 14.7. The molecule has 1 aromatic carbocycles. The molecule has 112 valence electrons. The zero-order valence-corrected chi connectivity index (χ0v) is 13.8. The monoisotopic (exact) mass is 300 g/mol. The third-order valence-corrected chi connectivity index (χ3v) is 5.85. The molecule has 0 radical (unpaired) electrons. The number of thioether (sulfide) groups is 1. The van der Waals surface area contributed by atoms with Crippen molar-refractivity contribution < 1.29 is 0 Å². The maximum atomic E-state index is 3.20. The van der Waals surface area contributed by atoms with E-state index in [0.717, 1.165) is 13.1 Å². The summed E-state index contributed by atoms with van der Waals surface area (Å²) < 4.78 is 0. The standard InChI is InChI=1S/C18H24N2S/c1-3-11-20-12-8-15(9-13-20)19(2)17-10-14-21-18-7-5-4-6-16(17)18/h4-7,15,17H,8-10,12-14H2,1-2H3/t17-/m0/s1. The SMILES string of the molecule is CC#CN1CCC(N(C)[C@H]2CCSc3ccccc32)CC1. The lowest BCUT2D eigenvalue weighted by molar-refractivity contribution is 0.113.